The summed E-state index contributed by atoms with van der Waals surface area (Å²) in [5.74, 6) is 5.51. The zero-order chi connectivity index (χ0) is 39.7. The maximum atomic E-state index is 11.1. The van der Waals surface area contributed by atoms with Crippen molar-refractivity contribution in [2.45, 2.75) is 219 Å². The third-order valence-electron chi connectivity index (χ3n) is 11.8. The molecule has 0 saturated carbocycles. The minimum absolute atomic E-state index is 0.0205. The molecule has 13 atom stereocenters. The number of aliphatic hydroxyl groups excluding tert-OH is 2. The fraction of sp³-hybridized carbons (Fsp3) is 0.953. The lowest BCUT2D eigenvalue weighted by Crippen LogP contribution is -2.59. The number of hydrogen-bond donors (Lipinski definition) is 2. The highest BCUT2D eigenvalue weighted by Gasteiger charge is 2.50. The highest BCUT2D eigenvalue weighted by molar-refractivity contribution is 4.98. The molecule has 5 rings (SSSR count). The van der Waals surface area contributed by atoms with Gasteiger partial charge in [-0.1, -0.05) is 73.1 Å². The van der Waals surface area contributed by atoms with Crippen molar-refractivity contribution in [1.82, 2.24) is 0 Å². The first-order chi connectivity index (χ1) is 25.4. The second kappa shape index (κ2) is 20.7. The van der Waals surface area contributed by atoms with E-state index in [0.29, 0.717) is 13.2 Å². The molecular weight excluding hydrogens is 692 g/mol. The third-order valence-corrected chi connectivity index (χ3v) is 11.8. The van der Waals surface area contributed by atoms with Gasteiger partial charge >= 0.3 is 0 Å². The summed E-state index contributed by atoms with van der Waals surface area (Å²) >= 11 is 0. The van der Waals surface area contributed by atoms with Crippen LogP contribution in [0, 0.1) is 35.5 Å². The number of rotatable bonds is 14. The molecule has 2 N–H and O–H groups in total. The predicted octanol–water partition coefficient (Wildman–Crippen LogP) is 7.47. The lowest BCUT2D eigenvalue weighted by Gasteiger charge is -2.50. The Labute approximate surface area is 327 Å². The van der Waals surface area contributed by atoms with E-state index in [2.05, 4.69) is 39.5 Å². The van der Waals surface area contributed by atoms with Crippen LogP contribution in [0.1, 0.15) is 147 Å². The van der Waals surface area contributed by atoms with E-state index < -0.39 is 42.1 Å². The van der Waals surface area contributed by atoms with Crippen LogP contribution in [0.15, 0.2) is 0 Å². The minimum Gasteiger partial charge on any atom is -0.388 e. The van der Waals surface area contributed by atoms with Crippen LogP contribution < -0.4 is 0 Å². The van der Waals surface area contributed by atoms with E-state index in [9.17, 15) is 10.2 Å². The van der Waals surface area contributed by atoms with Gasteiger partial charge in [-0.15, -0.1) is 11.8 Å². The molecule has 11 nitrogen and oxygen atoms in total. The van der Waals surface area contributed by atoms with Gasteiger partial charge in [0.1, 0.15) is 24.4 Å². The number of unbranched alkanes of at least 4 members (excludes halogenated alkanes) is 8. The van der Waals surface area contributed by atoms with Gasteiger partial charge in [-0.25, -0.2) is 0 Å². The van der Waals surface area contributed by atoms with Gasteiger partial charge in [0.2, 0.25) is 0 Å². The highest BCUT2D eigenvalue weighted by atomic mass is 16.8. The van der Waals surface area contributed by atoms with Crippen LogP contribution in [0.3, 0.4) is 0 Å². The average Bonchev–Trinajstić information content (AvgIpc) is 3.43. The highest BCUT2D eigenvalue weighted by Crippen LogP contribution is 2.40. The number of fused-ring (bicyclic) bond motifs is 2. The van der Waals surface area contributed by atoms with Crippen molar-refractivity contribution in [2.75, 3.05) is 19.8 Å². The summed E-state index contributed by atoms with van der Waals surface area (Å²) in [6, 6.07) is 0. The monoisotopic (exact) mass is 769 g/mol. The van der Waals surface area contributed by atoms with Gasteiger partial charge < -0.3 is 52.8 Å². The molecule has 0 radical (unpaired) electrons. The molecule has 10 unspecified atom stereocenters. The first-order valence-electron chi connectivity index (χ1n) is 21.2. The molecule has 5 saturated heterocycles. The Balaban J connectivity index is 0.000000358. The van der Waals surface area contributed by atoms with Crippen LogP contribution in [-0.2, 0) is 42.6 Å². The zero-order valence-electron chi connectivity index (χ0n) is 35.5. The molecule has 5 fully saturated rings. The van der Waals surface area contributed by atoms with Crippen LogP contribution >= 0.6 is 0 Å². The second-order valence-corrected chi connectivity index (χ2v) is 17.8. The largest absolute Gasteiger partial charge is 0.388 e. The molecule has 0 aromatic carbocycles. The molecule has 314 valence electrons. The van der Waals surface area contributed by atoms with E-state index in [0.717, 1.165) is 38.5 Å². The van der Waals surface area contributed by atoms with Crippen molar-refractivity contribution in [3.63, 3.8) is 0 Å². The van der Waals surface area contributed by atoms with Crippen LogP contribution in [0.5, 0.6) is 0 Å². The Morgan fingerprint density at radius 2 is 1.19 bits per heavy atom. The number of ether oxygens (including phenoxy) is 9. The minimum atomic E-state index is -0.800. The first-order valence-corrected chi connectivity index (χ1v) is 21.2. The Bertz CT molecular complexity index is 1160. The van der Waals surface area contributed by atoms with Gasteiger partial charge in [-0.2, -0.15) is 0 Å². The van der Waals surface area contributed by atoms with Crippen molar-refractivity contribution in [3.05, 3.63) is 0 Å². The van der Waals surface area contributed by atoms with Crippen LogP contribution in [0.25, 0.3) is 0 Å². The summed E-state index contributed by atoms with van der Waals surface area (Å²) in [6.07, 6.45) is 9.63. The van der Waals surface area contributed by atoms with Crippen molar-refractivity contribution >= 4 is 0 Å². The summed E-state index contributed by atoms with van der Waals surface area (Å²) in [7, 11) is 0. The third kappa shape index (κ3) is 13.3. The molecular formula is C43H76O11. The molecule has 5 aliphatic rings. The molecule has 0 amide bonds. The summed E-state index contributed by atoms with van der Waals surface area (Å²) in [6.45, 7) is 23.2. The summed E-state index contributed by atoms with van der Waals surface area (Å²) in [5.41, 5.74) is 0. The molecule has 54 heavy (non-hydrogen) atoms. The van der Waals surface area contributed by atoms with E-state index in [1.54, 1.807) is 0 Å². The summed E-state index contributed by atoms with van der Waals surface area (Å²) in [5, 5.41) is 20.8. The van der Waals surface area contributed by atoms with E-state index in [4.69, 9.17) is 42.6 Å². The van der Waals surface area contributed by atoms with E-state index in [-0.39, 0.29) is 60.8 Å². The van der Waals surface area contributed by atoms with Crippen molar-refractivity contribution in [1.29, 1.82) is 0 Å². The quantitative estimate of drug-likeness (QED) is 0.135. The maximum absolute atomic E-state index is 11.1. The zero-order valence-corrected chi connectivity index (χ0v) is 35.5. The van der Waals surface area contributed by atoms with Crippen LogP contribution in [-0.4, -0.2) is 103 Å². The van der Waals surface area contributed by atoms with Crippen molar-refractivity contribution < 1.29 is 52.8 Å². The van der Waals surface area contributed by atoms with Gasteiger partial charge in [-0.05, 0) is 72.6 Å². The average molecular weight is 769 g/mol. The topological polar surface area (TPSA) is 124 Å². The smallest absolute Gasteiger partial charge is 0.163 e. The molecule has 11 heteroatoms. The number of hydrogen-bond acceptors (Lipinski definition) is 11. The van der Waals surface area contributed by atoms with Gasteiger partial charge in [0, 0.05) is 24.7 Å². The molecule has 0 aromatic rings. The maximum Gasteiger partial charge on any atom is 0.163 e. The van der Waals surface area contributed by atoms with Crippen molar-refractivity contribution in [2.24, 2.45) is 23.7 Å². The van der Waals surface area contributed by atoms with E-state index >= 15 is 0 Å². The SMILES string of the molecule is CC1C(O)OC2COC(C)(C)OC2C1C.CCCCCCC#CCCCCCC[C@H]1OC(C)(C)O[C@H]1[C@@H](O)COC1OC2COC(C)(C)OC2C(C)C1C. The van der Waals surface area contributed by atoms with Crippen molar-refractivity contribution in [3.8, 4) is 11.8 Å². The Hall–Kier alpha value is -0.880. The van der Waals surface area contributed by atoms with Gasteiger partial charge in [0.05, 0.1) is 38.1 Å². The standard InChI is InChI=1S/C32H56O7.C11H20O4/c1-8-9-10-11-12-13-14-15-16-17-18-19-20-26-29(39-32(6,7)37-26)25(33)21-34-30-24(3)23(2)28-27(36-30)22-35-31(4,5)38-28;1-6-7(2)10(12)14-8-5-13-11(3,4)15-9(6)8/h23-30,33H,8-12,15-22H2,1-7H3;6-10,12H,5H2,1-4H3/t23?,24?,25-,26+,27?,28?,29-,30?;/m0./s1. The Kier molecular flexibility index (Phi) is 17.6. The second-order valence-electron chi connectivity index (χ2n) is 17.8. The lowest BCUT2D eigenvalue weighted by atomic mass is 9.84. The molecule has 5 aliphatic heterocycles. The van der Waals surface area contributed by atoms with Crippen LogP contribution in [0.4, 0.5) is 0 Å². The summed E-state index contributed by atoms with van der Waals surface area (Å²) < 4.78 is 53.5. The lowest BCUT2D eigenvalue weighted by molar-refractivity contribution is -0.368. The normalized spacial score (nSPS) is 38.5. The van der Waals surface area contributed by atoms with Gasteiger partial charge in [-0.3, -0.25) is 0 Å². The molecule has 0 aromatic heterocycles. The molecule has 0 bridgehead atoms. The molecule has 0 spiro atoms. The van der Waals surface area contributed by atoms with E-state index in [1.165, 1.54) is 32.1 Å². The number of aliphatic hydroxyl groups is 2. The van der Waals surface area contributed by atoms with Gasteiger partial charge in [0.25, 0.3) is 0 Å². The van der Waals surface area contributed by atoms with E-state index in [1.807, 2.05) is 48.5 Å². The molecule has 5 heterocycles. The first kappa shape index (κ1) is 45.8. The fourth-order valence-corrected chi connectivity index (χ4v) is 8.08. The Morgan fingerprint density at radius 1 is 0.648 bits per heavy atom. The molecule has 0 aliphatic carbocycles. The summed E-state index contributed by atoms with van der Waals surface area (Å²) in [4.78, 5) is 0. The Morgan fingerprint density at radius 3 is 1.78 bits per heavy atom. The fourth-order valence-electron chi connectivity index (χ4n) is 8.08. The predicted molar refractivity (Wildman–Crippen MR) is 206 cm³/mol. The van der Waals surface area contributed by atoms with Crippen LogP contribution in [0.2, 0.25) is 0 Å². The van der Waals surface area contributed by atoms with Gasteiger partial charge in [0.15, 0.2) is 29.9 Å².